The van der Waals surface area contributed by atoms with Gasteiger partial charge in [-0.1, -0.05) is 42.3 Å². The quantitative estimate of drug-likeness (QED) is 0.586. The Bertz CT molecular complexity index is 651. The normalized spacial score (nSPS) is 20.2. The van der Waals surface area contributed by atoms with Gasteiger partial charge in [-0.2, -0.15) is 0 Å². The number of aryl methyl sites for hydroxylation is 1. The first-order valence-electron chi connectivity index (χ1n) is 7.92. The summed E-state index contributed by atoms with van der Waals surface area (Å²) in [6.07, 6.45) is 15.1. The van der Waals surface area contributed by atoms with Crippen LogP contribution in [-0.4, -0.2) is 25.5 Å². The average molecular weight is 291 g/mol. The van der Waals surface area contributed by atoms with Crippen LogP contribution in [-0.2, 0) is 6.42 Å². The molecule has 0 atom stereocenters. The molecule has 1 nitrogen and oxygen atoms in total. The molecule has 0 radical (unpaired) electrons. The zero-order chi connectivity index (χ0) is 15.9. The molecular formula is C21H25N. The Balaban J connectivity index is 2.50. The maximum Gasteiger partial charge on any atom is 0.00101 e. The predicted molar refractivity (Wildman–Crippen MR) is 96.6 cm³/mol. The topological polar surface area (TPSA) is 3.24 Å². The minimum Gasteiger partial charge on any atom is -0.309 e. The number of fused-ring (bicyclic) bond motifs is 1. The van der Waals surface area contributed by atoms with Crippen LogP contribution in [0, 0.1) is 12.3 Å². The fourth-order valence-corrected chi connectivity index (χ4v) is 3.00. The highest BCUT2D eigenvalue weighted by Gasteiger charge is 2.19. The second kappa shape index (κ2) is 7.82. The summed E-state index contributed by atoms with van der Waals surface area (Å²) in [4.78, 5) is 2.22. The van der Waals surface area contributed by atoms with Gasteiger partial charge in [0.25, 0.3) is 0 Å². The molecule has 0 unspecified atom stereocenters. The highest BCUT2D eigenvalue weighted by molar-refractivity contribution is 5.86. The Morgan fingerprint density at radius 3 is 2.64 bits per heavy atom. The maximum atomic E-state index is 5.54. The van der Waals surface area contributed by atoms with E-state index >= 15 is 0 Å². The second-order valence-electron chi connectivity index (χ2n) is 5.91. The highest BCUT2D eigenvalue weighted by atomic mass is 15.0. The second-order valence-corrected chi connectivity index (χ2v) is 5.91. The van der Waals surface area contributed by atoms with E-state index in [0.29, 0.717) is 0 Å². The summed E-state index contributed by atoms with van der Waals surface area (Å²) in [6.45, 7) is 3.16. The molecule has 0 bridgehead atoms. The maximum absolute atomic E-state index is 5.54. The summed E-state index contributed by atoms with van der Waals surface area (Å²) < 4.78 is 0. The summed E-state index contributed by atoms with van der Waals surface area (Å²) in [7, 11) is 4.22. The zero-order valence-electron chi connectivity index (χ0n) is 13.9. The average Bonchev–Trinajstić information content (AvgIpc) is 2.65. The van der Waals surface area contributed by atoms with Crippen molar-refractivity contribution >= 4 is 5.57 Å². The van der Waals surface area contributed by atoms with Gasteiger partial charge in [0.05, 0.1) is 0 Å². The van der Waals surface area contributed by atoms with Gasteiger partial charge in [-0.05, 0) is 74.2 Å². The smallest absolute Gasteiger partial charge is 0.00101 e. The number of benzene rings is 1. The van der Waals surface area contributed by atoms with Gasteiger partial charge in [0.15, 0.2) is 0 Å². The Hall–Kier alpha value is -2.04. The van der Waals surface area contributed by atoms with Crippen molar-refractivity contribution < 1.29 is 0 Å². The van der Waals surface area contributed by atoms with E-state index in [-0.39, 0.29) is 0 Å². The van der Waals surface area contributed by atoms with Gasteiger partial charge in [-0.15, -0.1) is 6.42 Å². The molecule has 0 aromatic heterocycles. The summed E-state index contributed by atoms with van der Waals surface area (Å²) in [5.41, 5.74) is 6.67. The number of rotatable bonds is 3. The van der Waals surface area contributed by atoms with Gasteiger partial charge < -0.3 is 4.90 Å². The van der Waals surface area contributed by atoms with Gasteiger partial charge in [0.1, 0.15) is 0 Å². The van der Waals surface area contributed by atoms with Crippen molar-refractivity contribution in [2.24, 2.45) is 0 Å². The van der Waals surface area contributed by atoms with Gasteiger partial charge in [0, 0.05) is 6.54 Å². The minimum atomic E-state index is 1.01. The first-order chi connectivity index (χ1) is 10.7. The molecule has 0 aliphatic heterocycles. The van der Waals surface area contributed by atoms with Crippen LogP contribution in [0.15, 0.2) is 53.6 Å². The Morgan fingerprint density at radius 1 is 1.18 bits per heavy atom. The van der Waals surface area contributed by atoms with E-state index in [1.807, 2.05) is 6.08 Å². The van der Waals surface area contributed by atoms with Crippen molar-refractivity contribution in [3.05, 3.63) is 64.8 Å². The molecule has 2 rings (SSSR count). The van der Waals surface area contributed by atoms with Crippen molar-refractivity contribution in [2.75, 3.05) is 20.6 Å². The molecule has 0 saturated heterocycles. The lowest BCUT2D eigenvalue weighted by atomic mass is 9.91. The van der Waals surface area contributed by atoms with Crippen LogP contribution in [0.5, 0.6) is 0 Å². The summed E-state index contributed by atoms with van der Waals surface area (Å²) in [5.74, 6) is 2.71. The van der Waals surface area contributed by atoms with E-state index in [1.54, 1.807) is 0 Å². The standard InChI is InChI=1S/C21H25N/c1-5-10-17-14-15-18-11-7-8-12-20(18)21(19(17)6-2)13-9-16-22(3)4/h1,6-8,10-13H,9,14-16H2,2-4H3/b17-10-,19-6+,21-13-. The molecule has 1 aliphatic rings. The molecule has 0 spiro atoms. The minimum absolute atomic E-state index is 1.01. The lowest BCUT2D eigenvalue weighted by molar-refractivity contribution is 0.417. The number of nitrogens with zero attached hydrogens (tertiary/aromatic N) is 1. The molecule has 1 aromatic rings. The third-order valence-electron chi connectivity index (χ3n) is 4.08. The Morgan fingerprint density at radius 2 is 1.95 bits per heavy atom. The van der Waals surface area contributed by atoms with Crippen LogP contribution in [0.25, 0.3) is 5.57 Å². The zero-order valence-corrected chi connectivity index (χ0v) is 13.9. The number of allylic oxidation sites excluding steroid dienone is 5. The van der Waals surface area contributed by atoms with E-state index in [4.69, 9.17) is 6.42 Å². The van der Waals surface area contributed by atoms with Gasteiger partial charge in [-0.25, -0.2) is 0 Å². The van der Waals surface area contributed by atoms with Crippen molar-refractivity contribution in [3.63, 3.8) is 0 Å². The molecule has 1 aliphatic carbocycles. The molecule has 1 aromatic carbocycles. The third kappa shape index (κ3) is 3.78. The van der Waals surface area contributed by atoms with Crippen molar-refractivity contribution in [1.29, 1.82) is 0 Å². The third-order valence-corrected chi connectivity index (χ3v) is 4.08. The first kappa shape index (κ1) is 16.3. The van der Waals surface area contributed by atoms with Crippen molar-refractivity contribution in [1.82, 2.24) is 4.90 Å². The summed E-state index contributed by atoms with van der Waals surface area (Å²) in [6, 6.07) is 8.73. The predicted octanol–water partition coefficient (Wildman–Crippen LogP) is 4.47. The van der Waals surface area contributed by atoms with E-state index in [0.717, 1.165) is 25.8 Å². The van der Waals surface area contributed by atoms with Crippen LogP contribution in [0.4, 0.5) is 0 Å². The van der Waals surface area contributed by atoms with Gasteiger partial charge >= 0.3 is 0 Å². The van der Waals surface area contributed by atoms with Crippen LogP contribution >= 0.6 is 0 Å². The van der Waals surface area contributed by atoms with Crippen LogP contribution < -0.4 is 0 Å². The van der Waals surface area contributed by atoms with Crippen LogP contribution in [0.2, 0.25) is 0 Å². The lowest BCUT2D eigenvalue weighted by Crippen LogP contribution is -2.12. The monoisotopic (exact) mass is 291 g/mol. The highest BCUT2D eigenvalue weighted by Crippen LogP contribution is 2.37. The molecule has 0 amide bonds. The fourth-order valence-electron chi connectivity index (χ4n) is 3.00. The number of hydrogen-bond donors (Lipinski definition) is 0. The Kier molecular flexibility index (Phi) is 5.81. The molecule has 114 valence electrons. The lowest BCUT2D eigenvalue weighted by Gasteiger charge is -2.14. The molecule has 0 heterocycles. The van der Waals surface area contributed by atoms with Crippen molar-refractivity contribution in [2.45, 2.75) is 26.2 Å². The van der Waals surface area contributed by atoms with Gasteiger partial charge in [-0.3, -0.25) is 0 Å². The van der Waals surface area contributed by atoms with Gasteiger partial charge in [0.2, 0.25) is 0 Å². The number of hydrogen-bond acceptors (Lipinski definition) is 1. The van der Waals surface area contributed by atoms with E-state index in [1.165, 1.54) is 27.8 Å². The van der Waals surface area contributed by atoms with Crippen molar-refractivity contribution in [3.8, 4) is 12.3 Å². The largest absolute Gasteiger partial charge is 0.309 e. The molecule has 1 heteroatoms. The molecule has 0 N–H and O–H groups in total. The van der Waals surface area contributed by atoms with E-state index in [9.17, 15) is 0 Å². The SMILES string of the molecule is C#C/C=C1/CCc2ccccc2C(=C\CCN(C)C)/C1=C/C. The van der Waals surface area contributed by atoms with Crippen LogP contribution in [0.1, 0.15) is 30.9 Å². The van der Waals surface area contributed by atoms with E-state index < -0.39 is 0 Å². The van der Waals surface area contributed by atoms with E-state index in [2.05, 4.69) is 68.3 Å². The van der Waals surface area contributed by atoms with Crippen LogP contribution in [0.3, 0.4) is 0 Å². The number of terminal acetylenes is 1. The molecule has 22 heavy (non-hydrogen) atoms. The summed E-state index contributed by atoms with van der Waals surface area (Å²) in [5, 5.41) is 0. The molecule has 0 saturated carbocycles. The fraction of sp³-hybridized carbons (Fsp3) is 0.333. The molecule has 0 fully saturated rings. The Labute approximate surface area is 135 Å². The summed E-state index contributed by atoms with van der Waals surface area (Å²) >= 11 is 0. The first-order valence-corrected chi connectivity index (χ1v) is 7.92. The molecular weight excluding hydrogens is 266 g/mol.